The zero-order valence-corrected chi connectivity index (χ0v) is 24.2. The average Bonchev–Trinajstić information content (AvgIpc) is 2.69. The van der Waals surface area contributed by atoms with Crippen LogP contribution in [-0.4, -0.2) is 23.5 Å². The molecule has 0 radical (unpaired) electrons. The normalized spacial score (nSPS) is 9.91. The summed E-state index contributed by atoms with van der Waals surface area (Å²) in [5.41, 5.74) is 13.6. The molecule has 0 aromatic rings. The van der Waals surface area contributed by atoms with Gasteiger partial charge >= 0.3 is 21.7 Å². The summed E-state index contributed by atoms with van der Waals surface area (Å²) >= 11 is 0. The van der Waals surface area contributed by atoms with Gasteiger partial charge in [-0.2, -0.15) is 0 Å². The van der Waals surface area contributed by atoms with Crippen molar-refractivity contribution >= 4 is 11.8 Å². The fraction of sp³-hybridized carbons (Fsp3) is 0.917. The molecule has 0 saturated carbocycles. The average molecular weight is 533 g/mol. The van der Waals surface area contributed by atoms with Gasteiger partial charge in [0.1, 0.15) is 0 Å². The Labute approximate surface area is 226 Å². The predicted octanol–water partition coefficient (Wildman–Crippen LogP) is 2.05. The second kappa shape index (κ2) is 41.4. The van der Waals surface area contributed by atoms with Crippen LogP contribution in [0.2, 0.25) is 0 Å². The van der Waals surface area contributed by atoms with Gasteiger partial charge in [0, 0.05) is 12.5 Å². The Kier molecular flexibility index (Phi) is 59.1. The first-order chi connectivity index (χ1) is 13.9. The van der Waals surface area contributed by atoms with Gasteiger partial charge in [0.05, 0.1) is 5.91 Å². The molecule has 0 spiro atoms. The van der Waals surface area contributed by atoms with Crippen LogP contribution in [0.3, 0.4) is 0 Å². The summed E-state index contributed by atoms with van der Waals surface area (Å²) < 4.78 is 0. The molecule has 0 aromatic carbocycles. The van der Waals surface area contributed by atoms with E-state index in [1.165, 1.54) is 57.8 Å². The Morgan fingerprint density at radius 3 is 1.44 bits per heavy atom. The first-order valence-corrected chi connectivity index (χ1v) is 12.0. The summed E-state index contributed by atoms with van der Waals surface area (Å²) in [6, 6.07) is 0. The zero-order valence-electron chi connectivity index (χ0n) is 21.1. The Morgan fingerprint density at radius 2 is 1.09 bits per heavy atom. The number of hydrogen-bond acceptors (Lipinski definition) is 3. The standard InChI is InChI=1S/C10H21NO.C8H17NO.C6H14O.2ClH.Ti/c1-3-5-6-7-8-9(4-2)10(11)12;1-2-3-4-5-6-7-8(9)10;1-2-3-4-5-6-7;;;/h9H,3-8H2,1-2H3,(H2,11,12);2-7H2,1H3,(H2,9,10);7H,2-6H2,1H3;2*1H;/q;;;;;+4/p-4. The molecule has 32 heavy (non-hydrogen) atoms. The van der Waals surface area contributed by atoms with E-state index in [9.17, 15) is 9.59 Å². The molecule has 0 saturated heterocycles. The van der Waals surface area contributed by atoms with Crippen LogP contribution in [0.25, 0.3) is 11.5 Å². The van der Waals surface area contributed by atoms with Crippen LogP contribution < -0.4 is 24.8 Å². The van der Waals surface area contributed by atoms with Crippen LogP contribution in [0, 0.1) is 5.92 Å². The van der Waals surface area contributed by atoms with E-state index in [1.54, 1.807) is 0 Å². The van der Waals surface area contributed by atoms with Crippen molar-refractivity contribution in [3.63, 3.8) is 0 Å². The minimum Gasteiger partial charge on any atom is -1.00 e. The summed E-state index contributed by atoms with van der Waals surface area (Å²) in [6.07, 6.45) is 17.4. The minimum atomic E-state index is -0.420. The van der Waals surface area contributed by atoms with Crippen molar-refractivity contribution in [2.75, 3.05) is 6.61 Å². The fourth-order valence-electron chi connectivity index (χ4n) is 2.77. The molecule has 0 aliphatic carbocycles. The van der Waals surface area contributed by atoms with E-state index in [0.29, 0.717) is 13.0 Å². The predicted molar refractivity (Wildman–Crippen MR) is 126 cm³/mol. The number of carbonyl (C=O) groups is 2. The molecule has 8 heteroatoms. The summed E-state index contributed by atoms with van der Waals surface area (Å²) in [6.45, 7) is 8.84. The maximum atomic E-state index is 10.7. The van der Waals surface area contributed by atoms with Crippen molar-refractivity contribution in [2.24, 2.45) is 5.92 Å². The van der Waals surface area contributed by atoms with Crippen molar-refractivity contribution in [1.82, 2.24) is 0 Å². The van der Waals surface area contributed by atoms with Gasteiger partial charge in [-0.15, -0.1) is 0 Å². The maximum absolute atomic E-state index is 10.7. The third-order valence-corrected chi connectivity index (χ3v) is 4.79. The molecule has 0 aromatic heterocycles. The van der Waals surface area contributed by atoms with E-state index in [2.05, 4.69) is 20.8 Å². The number of aliphatic hydroxyl groups excluding tert-OH is 1. The molecular weight excluding hydrogens is 483 g/mol. The van der Waals surface area contributed by atoms with Gasteiger partial charge in [-0.25, -0.2) is 0 Å². The molecule has 0 aliphatic heterocycles. The van der Waals surface area contributed by atoms with Crippen LogP contribution in [0.5, 0.6) is 0 Å². The monoisotopic (exact) mass is 532 g/mol. The minimum absolute atomic E-state index is 0. The van der Waals surface area contributed by atoms with Gasteiger partial charge in [0.15, 0.2) is 0 Å². The molecule has 1 unspecified atom stereocenters. The van der Waals surface area contributed by atoms with Crippen LogP contribution in [0.15, 0.2) is 0 Å². The van der Waals surface area contributed by atoms with E-state index >= 15 is 0 Å². The third kappa shape index (κ3) is 47.8. The third-order valence-electron chi connectivity index (χ3n) is 4.79. The van der Waals surface area contributed by atoms with E-state index in [4.69, 9.17) is 16.6 Å². The first-order valence-electron chi connectivity index (χ1n) is 12.0. The first kappa shape index (κ1) is 45.7. The van der Waals surface area contributed by atoms with Gasteiger partial charge in [0.2, 0.25) is 0 Å². The molecule has 0 heterocycles. The molecular formula is C24H50Cl2N2O3Ti. The zero-order chi connectivity index (χ0) is 22.8. The largest absolute Gasteiger partial charge is 4.00 e. The number of hydrogen-bond donors (Lipinski definition) is 1. The van der Waals surface area contributed by atoms with Gasteiger partial charge in [-0.1, -0.05) is 98.3 Å². The number of nitrogens with one attached hydrogen (secondary N) is 2. The molecule has 1 atom stereocenters. The number of halogens is 2. The summed E-state index contributed by atoms with van der Waals surface area (Å²) in [5.74, 6) is -0.799. The molecule has 3 N–H and O–H groups in total. The summed E-state index contributed by atoms with van der Waals surface area (Å²) in [5, 5.41) is 8.29. The van der Waals surface area contributed by atoms with Gasteiger partial charge in [-0.3, -0.25) is 0 Å². The molecule has 2 amide bonds. The quantitative estimate of drug-likeness (QED) is 0.229. The number of amides is 2. The van der Waals surface area contributed by atoms with Crippen molar-refractivity contribution in [3.05, 3.63) is 11.5 Å². The van der Waals surface area contributed by atoms with E-state index in [0.717, 1.165) is 38.5 Å². The van der Waals surface area contributed by atoms with Crippen LogP contribution in [-0.2, 0) is 31.3 Å². The van der Waals surface area contributed by atoms with Crippen molar-refractivity contribution in [1.29, 1.82) is 0 Å². The molecule has 192 valence electrons. The van der Waals surface area contributed by atoms with E-state index in [1.807, 2.05) is 6.92 Å². The Bertz CT molecular complexity index is 349. The van der Waals surface area contributed by atoms with Crippen LogP contribution in [0.1, 0.15) is 130 Å². The fourth-order valence-corrected chi connectivity index (χ4v) is 2.77. The summed E-state index contributed by atoms with van der Waals surface area (Å²) in [7, 11) is 0. The number of carbonyl (C=O) groups excluding carboxylic acids is 2. The Balaban J connectivity index is -0.0000000779. The van der Waals surface area contributed by atoms with Crippen LogP contribution in [0.4, 0.5) is 0 Å². The van der Waals surface area contributed by atoms with Gasteiger partial charge in [-0.05, 0) is 38.0 Å². The van der Waals surface area contributed by atoms with Crippen LogP contribution >= 0.6 is 0 Å². The number of aliphatic hydroxyl groups is 1. The molecule has 0 fully saturated rings. The molecule has 0 aliphatic rings. The maximum Gasteiger partial charge on any atom is 4.00 e. The summed E-state index contributed by atoms with van der Waals surface area (Å²) in [4.78, 5) is 20.8. The van der Waals surface area contributed by atoms with Crippen molar-refractivity contribution in [2.45, 2.75) is 130 Å². The Hall–Kier alpha value is 0.194. The van der Waals surface area contributed by atoms with Crippen molar-refractivity contribution < 1.29 is 61.2 Å². The molecule has 0 bridgehead atoms. The SMILES string of the molecule is CCCCCCC(CC)C([NH-])=O.CCCCCCCC([NH-])=O.CCCCCCO.[Cl-].[Cl-].[Ti+4]. The molecule has 0 rings (SSSR count). The van der Waals surface area contributed by atoms with E-state index in [-0.39, 0.29) is 58.4 Å². The second-order valence-corrected chi connectivity index (χ2v) is 7.69. The van der Waals surface area contributed by atoms with Crippen molar-refractivity contribution in [3.8, 4) is 0 Å². The smallest absolute Gasteiger partial charge is 1.00 e. The van der Waals surface area contributed by atoms with Gasteiger partial charge in [0.25, 0.3) is 0 Å². The number of unbranched alkanes of at least 4 members (excludes halogenated alkanes) is 10. The molecule has 5 nitrogen and oxygen atoms in total. The van der Waals surface area contributed by atoms with Gasteiger partial charge < -0.3 is 51.0 Å². The number of rotatable bonds is 17. The topological polar surface area (TPSA) is 102 Å². The second-order valence-electron chi connectivity index (χ2n) is 7.69. The Morgan fingerprint density at radius 1 is 0.688 bits per heavy atom. The van der Waals surface area contributed by atoms with E-state index < -0.39 is 5.91 Å².